The van der Waals surface area contributed by atoms with Crippen molar-refractivity contribution in [2.24, 2.45) is 5.73 Å². The fourth-order valence-electron chi connectivity index (χ4n) is 2.76. The average molecular weight is 350 g/mol. The van der Waals surface area contributed by atoms with Gasteiger partial charge >= 0.3 is 0 Å². The van der Waals surface area contributed by atoms with Crippen LogP contribution in [0.3, 0.4) is 0 Å². The Balaban J connectivity index is 1.80. The molecule has 0 unspecified atom stereocenters. The van der Waals surface area contributed by atoms with E-state index >= 15 is 0 Å². The molecule has 0 aliphatic carbocycles. The summed E-state index contributed by atoms with van der Waals surface area (Å²) in [4.78, 5) is 15.7. The van der Waals surface area contributed by atoms with Crippen molar-refractivity contribution in [3.05, 3.63) is 82.8 Å². The van der Waals surface area contributed by atoms with Crippen molar-refractivity contribution in [3.8, 4) is 17.0 Å². The number of primary amides is 1. The van der Waals surface area contributed by atoms with Crippen LogP contribution in [0, 0.1) is 19.7 Å². The molecule has 0 aliphatic heterocycles. The van der Waals surface area contributed by atoms with Gasteiger partial charge in [-0.15, -0.1) is 0 Å². The van der Waals surface area contributed by atoms with E-state index in [-0.39, 0.29) is 5.82 Å². The third-order valence-electron chi connectivity index (χ3n) is 4.14. The standard InChI is InChI=1S/C21H19FN2O2/c1-13-9-16(3-5-18(13)21(23)25)19-11-15(7-8-24-19)12-26-20-6-4-17(22)10-14(20)2/h3-11H,12H2,1-2H3,(H2,23,25). The summed E-state index contributed by atoms with van der Waals surface area (Å²) >= 11 is 0. The third kappa shape index (κ3) is 3.88. The summed E-state index contributed by atoms with van der Waals surface area (Å²) in [7, 11) is 0. The monoisotopic (exact) mass is 350 g/mol. The molecule has 1 heterocycles. The molecule has 0 spiro atoms. The molecule has 3 aromatic rings. The quantitative estimate of drug-likeness (QED) is 0.751. The predicted molar refractivity (Wildman–Crippen MR) is 98.4 cm³/mol. The maximum Gasteiger partial charge on any atom is 0.248 e. The molecule has 0 fully saturated rings. The van der Waals surface area contributed by atoms with Crippen LogP contribution < -0.4 is 10.5 Å². The Morgan fingerprint density at radius 1 is 1.08 bits per heavy atom. The van der Waals surface area contributed by atoms with Gasteiger partial charge in [0.2, 0.25) is 5.91 Å². The second kappa shape index (κ2) is 7.35. The summed E-state index contributed by atoms with van der Waals surface area (Å²) < 4.78 is 19.0. The summed E-state index contributed by atoms with van der Waals surface area (Å²) in [5, 5.41) is 0. The van der Waals surface area contributed by atoms with E-state index in [0.717, 1.165) is 27.9 Å². The normalized spacial score (nSPS) is 10.6. The fraction of sp³-hybridized carbons (Fsp3) is 0.143. The number of carbonyl (C=O) groups excluding carboxylic acids is 1. The molecule has 4 nitrogen and oxygen atoms in total. The highest BCUT2D eigenvalue weighted by molar-refractivity contribution is 5.94. The smallest absolute Gasteiger partial charge is 0.248 e. The molecule has 0 saturated heterocycles. The Hall–Kier alpha value is -3.21. The topological polar surface area (TPSA) is 65.2 Å². The molecule has 5 heteroatoms. The number of nitrogens with zero attached hydrogens (tertiary/aromatic N) is 1. The van der Waals surface area contributed by atoms with Gasteiger partial charge in [0.25, 0.3) is 0 Å². The first-order chi connectivity index (χ1) is 12.4. The molecule has 0 bridgehead atoms. The van der Waals surface area contributed by atoms with Crippen LogP contribution >= 0.6 is 0 Å². The molecule has 2 N–H and O–H groups in total. The lowest BCUT2D eigenvalue weighted by Gasteiger charge is -2.10. The van der Waals surface area contributed by atoms with Crippen LogP contribution in [-0.4, -0.2) is 10.9 Å². The van der Waals surface area contributed by atoms with Crippen LogP contribution in [0.4, 0.5) is 4.39 Å². The molecule has 0 radical (unpaired) electrons. The second-order valence-electron chi connectivity index (χ2n) is 6.14. The molecular formula is C21H19FN2O2. The highest BCUT2D eigenvalue weighted by atomic mass is 19.1. The third-order valence-corrected chi connectivity index (χ3v) is 4.14. The Labute approximate surface area is 151 Å². The molecular weight excluding hydrogens is 331 g/mol. The molecule has 2 aromatic carbocycles. The number of halogens is 1. The molecule has 1 aromatic heterocycles. The summed E-state index contributed by atoms with van der Waals surface area (Å²) in [6.45, 7) is 3.99. The van der Waals surface area contributed by atoms with Crippen molar-refractivity contribution in [3.63, 3.8) is 0 Å². The number of amides is 1. The van der Waals surface area contributed by atoms with Gasteiger partial charge in [0, 0.05) is 17.3 Å². The molecule has 132 valence electrons. The minimum Gasteiger partial charge on any atom is -0.489 e. The lowest BCUT2D eigenvalue weighted by molar-refractivity contribution is 0.0999. The summed E-state index contributed by atoms with van der Waals surface area (Å²) in [6.07, 6.45) is 1.71. The summed E-state index contributed by atoms with van der Waals surface area (Å²) in [6, 6.07) is 13.7. The van der Waals surface area contributed by atoms with E-state index in [1.54, 1.807) is 25.3 Å². The predicted octanol–water partition coefficient (Wildman–Crippen LogP) is 4.18. The van der Waals surface area contributed by atoms with E-state index in [1.807, 2.05) is 31.2 Å². The minimum atomic E-state index is -0.446. The van der Waals surface area contributed by atoms with Crippen LogP contribution in [0.25, 0.3) is 11.3 Å². The van der Waals surface area contributed by atoms with E-state index in [9.17, 15) is 9.18 Å². The summed E-state index contributed by atoms with van der Waals surface area (Å²) in [5.74, 6) is -0.0823. The Morgan fingerprint density at radius 2 is 1.88 bits per heavy atom. The molecule has 0 atom stereocenters. The number of aryl methyl sites for hydroxylation is 2. The number of pyridine rings is 1. The van der Waals surface area contributed by atoms with Gasteiger partial charge in [-0.05, 0) is 73.0 Å². The number of carbonyl (C=O) groups is 1. The van der Waals surface area contributed by atoms with Gasteiger partial charge in [-0.2, -0.15) is 0 Å². The maximum absolute atomic E-state index is 13.2. The first-order valence-corrected chi connectivity index (χ1v) is 8.19. The highest BCUT2D eigenvalue weighted by Gasteiger charge is 2.08. The van der Waals surface area contributed by atoms with Crippen LogP contribution in [0.5, 0.6) is 5.75 Å². The van der Waals surface area contributed by atoms with E-state index in [1.165, 1.54) is 12.1 Å². The van der Waals surface area contributed by atoms with Crippen LogP contribution in [0.15, 0.2) is 54.7 Å². The molecule has 0 saturated carbocycles. The van der Waals surface area contributed by atoms with Crippen LogP contribution in [0.1, 0.15) is 27.0 Å². The molecule has 1 amide bonds. The first kappa shape index (κ1) is 17.6. The average Bonchev–Trinajstić information content (AvgIpc) is 2.61. The number of aromatic nitrogens is 1. The zero-order valence-electron chi connectivity index (χ0n) is 14.6. The SMILES string of the molecule is Cc1cc(F)ccc1OCc1ccnc(-c2ccc(C(N)=O)c(C)c2)c1. The van der Waals surface area contributed by atoms with Crippen molar-refractivity contribution < 1.29 is 13.9 Å². The number of hydrogen-bond donors (Lipinski definition) is 1. The van der Waals surface area contributed by atoms with Gasteiger partial charge < -0.3 is 10.5 Å². The lowest BCUT2D eigenvalue weighted by atomic mass is 10.0. The van der Waals surface area contributed by atoms with Crippen molar-refractivity contribution in [1.29, 1.82) is 0 Å². The van der Waals surface area contributed by atoms with Crippen molar-refractivity contribution >= 4 is 5.91 Å². The van der Waals surface area contributed by atoms with E-state index in [0.29, 0.717) is 17.9 Å². The van der Waals surface area contributed by atoms with Crippen LogP contribution in [0.2, 0.25) is 0 Å². The molecule has 26 heavy (non-hydrogen) atoms. The number of hydrogen-bond acceptors (Lipinski definition) is 3. The van der Waals surface area contributed by atoms with E-state index in [4.69, 9.17) is 10.5 Å². The Bertz CT molecular complexity index is 970. The van der Waals surface area contributed by atoms with E-state index in [2.05, 4.69) is 4.98 Å². The number of ether oxygens (including phenoxy) is 1. The van der Waals surface area contributed by atoms with Gasteiger partial charge in [-0.1, -0.05) is 6.07 Å². The highest BCUT2D eigenvalue weighted by Crippen LogP contribution is 2.23. The minimum absolute atomic E-state index is 0.282. The van der Waals surface area contributed by atoms with Crippen molar-refractivity contribution in [1.82, 2.24) is 4.98 Å². The zero-order valence-corrected chi connectivity index (χ0v) is 14.6. The summed E-state index contributed by atoms with van der Waals surface area (Å²) in [5.41, 5.74) is 10.0. The maximum atomic E-state index is 13.2. The zero-order chi connectivity index (χ0) is 18.7. The number of nitrogens with two attached hydrogens (primary N) is 1. The number of benzene rings is 2. The van der Waals surface area contributed by atoms with Crippen LogP contribution in [-0.2, 0) is 6.61 Å². The first-order valence-electron chi connectivity index (χ1n) is 8.19. The Morgan fingerprint density at radius 3 is 2.58 bits per heavy atom. The van der Waals surface area contributed by atoms with Gasteiger partial charge in [0.15, 0.2) is 0 Å². The van der Waals surface area contributed by atoms with Gasteiger partial charge in [-0.25, -0.2) is 4.39 Å². The Kier molecular flexibility index (Phi) is 4.98. The fourth-order valence-corrected chi connectivity index (χ4v) is 2.76. The second-order valence-corrected chi connectivity index (χ2v) is 6.14. The van der Waals surface area contributed by atoms with Crippen molar-refractivity contribution in [2.45, 2.75) is 20.5 Å². The lowest BCUT2D eigenvalue weighted by Crippen LogP contribution is -2.12. The number of rotatable bonds is 5. The van der Waals surface area contributed by atoms with Gasteiger partial charge in [-0.3, -0.25) is 9.78 Å². The van der Waals surface area contributed by atoms with Gasteiger partial charge in [0.05, 0.1) is 5.69 Å². The van der Waals surface area contributed by atoms with E-state index < -0.39 is 5.91 Å². The van der Waals surface area contributed by atoms with Gasteiger partial charge in [0.1, 0.15) is 18.2 Å². The van der Waals surface area contributed by atoms with Crippen molar-refractivity contribution in [2.75, 3.05) is 0 Å². The molecule has 0 aliphatic rings. The largest absolute Gasteiger partial charge is 0.489 e. The molecule has 3 rings (SSSR count).